The lowest BCUT2D eigenvalue weighted by Gasteiger charge is -2.46. The second-order valence-corrected chi connectivity index (χ2v) is 6.10. The monoisotopic (exact) mass is 190 g/mol. The minimum atomic E-state index is -2.57. The van der Waals surface area contributed by atoms with Gasteiger partial charge in [-0.15, -0.1) is 0 Å². The topological polar surface area (TPSA) is 64.4 Å². The third kappa shape index (κ3) is 1.26. The standard InChI is InChI=1S/C7H14N2O2S/c1-12(8,11)9-4-7(10,5-9)6-2-3-6/h6,8,10H,2-5H2,1H3. The van der Waals surface area contributed by atoms with Crippen molar-refractivity contribution in [3.8, 4) is 0 Å². The molecule has 1 aliphatic heterocycles. The number of rotatable bonds is 2. The van der Waals surface area contributed by atoms with Crippen LogP contribution in [0, 0.1) is 10.7 Å². The Labute approximate surface area is 72.7 Å². The molecule has 70 valence electrons. The molecule has 2 rings (SSSR count). The number of hydrogen-bond donors (Lipinski definition) is 2. The van der Waals surface area contributed by atoms with E-state index in [-0.39, 0.29) is 0 Å². The summed E-state index contributed by atoms with van der Waals surface area (Å²) < 4.78 is 20.0. The molecule has 2 aliphatic rings. The van der Waals surface area contributed by atoms with Gasteiger partial charge in [0.2, 0.25) is 0 Å². The van der Waals surface area contributed by atoms with Crippen molar-refractivity contribution in [2.45, 2.75) is 18.4 Å². The van der Waals surface area contributed by atoms with Crippen LogP contribution in [0.1, 0.15) is 12.8 Å². The van der Waals surface area contributed by atoms with Gasteiger partial charge in [0, 0.05) is 19.3 Å². The summed E-state index contributed by atoms with van der Waals surface area (Å²) >= 11 is 0. The minimum absolute atomic E-state index is 0.412. The van der Waals surface area contributed by atoms with E-state index in [0.717, 1.165) is 12.8 Å². The summed E-state index contributed by atoms with van der Waals surface area (Å²) in [6, 6.07) is 0. The maximum atomic E-state index is 11.2. The Bertz CT molecular complexity index is 289. The predicted octanol–water partition coefficient (Wildman–Crippen LogP) is 0.0347. The molecule has 2 fully saturated rings. The summed E-state index contributed by atoms with van der Waals surface area (Å²) in [7, 11) is -2.57. The van der Waals surface area contributed by atoms with Gasteiger partial charge in [-0.2, -0.15) is 0 Å². The van der Waals surface area contributed by atoms with E-state index in [1.54, 1.807) is 4.31 Å². The molecule has 0 spiro atoms. The van der Waals surface area contributed by atoms with Crippen molar-refractivity contribution in [1.29, 1.82) is 4.78 Å². The summed E-state index contributed by atoms with van der Waals surface area (Å²) in [5.41, 5.74) is -0.611. The fraction of sp³-hybridized carbons (Fsp3) is 1.00. The van der Waals surface area contributed by atoms with Crippen molar-refractivity contribution in [3.05, 3.63) is 0 Å². The van der Waals surface area contributed by atoms with Gasteiger partial charge in [-0.05, 0) is 18.8 Å². The molecule has 0 amide bonds. The largest absolute Gasteiger partial charge is 0.387 e. The molecule has 1 heterocycles. The average Bonchev–Trinajstić information content (AvgIpc) is 2.58. The van der Waals surface area contributed by atoms with Crippen LogP contribution in [0.25, 0.3) is 0 Å². The van der Waals surface area contributed by atoms with Crippen molar-refractivity contribution in [3.63, 3.8) is 0 Å². The van der Waals surface area contributed by atoms with E-state index in [2.05, 4.69) is 0 Å². The van der Waals surface area contributed by atoms with Gasteiger partial charge in [0.25, 0.3) is 0 Å². The highest BCUT2D eigenvalue weighted by Crippen LogP contribution is 2.45. The zero-order valence-corrected chi connectivity index (χ0v) is 7.93. The summed E-state index contributed by atoms with van der Waals surface area (Å²) in [4.78, 5) is 0. The Morgan fingerprint density at radius 3 is 2.42 bits per heavy atom. The molecule has 1 atom stereocenters. The maximum Gasteiger partial charge on any atom is 0.105 e. The van der Waals surface area contributed by atoms with Crippen LogP contribution >= 0.6 is 0 Å². The summed E-state index contributed by atoms with van der Waals surface area (Å²) in [6.07, 6.45) is 3.58. The van der Waals surface area contributed by atoms with Gasteiger partial charge >= 0.3 is 0 Å². The van der Waals surface area contributed by atoms with Crippen molar-refractivity contribution in [2.75, 3.05) is 19.3 Å². The van der Waals surface area contributed by atoms with Crippen molar-refractivity contribution >= 4 is 9.92 Å². The van der Waals surface area contributed by atoms with Crippen LogP contribution in [-0.4, -0.2) is 38.6 Å². The van der Waals surface area contributed by atoms with Crippen molar-refractivity contribution in [1.82, 2.24) is 4.31 Å². The molecule has 0 radical (unpaired) electrons. The van der Waals surface area contributed by atoms with Gasteiger partial charge < -0.3 is 5.11 Å². The predicted molar refractivity (Wildman–Crippen MR) is 46.0 cm³/mol. The molecule has 1 saturated carbocycles. The fourth-order valence-corrected chi connectivity index (χ4v) is 2.63. The van der Waals surface area contributed by atoms with E-state index in [4.69, 9.17) is 4.78 Å². The van der Waals surface area contributed by atoms with E-state index in [0.29, 0.717) is 19.0 Å². The number of nitrogens with one attached hydrogen (secondary N) is 1. The molecule has 0 aromatic rings. The van der Waals surface area contributed by atoms with Crippen LogP contribution in [0.15, 0.2) is 0 Å². The van der Waals surface area contributed by atoms with E-state index in [9.17, 15) is 9.32 Å². The summed E-state index contributed by atoms with van der Waals surface area (Å²) in [5, 5.41) is 9.83. The van der Waals surface area contributed by atoms with Gasteiger partial charge in [-0.25, -0.2) is 13.3 Å². The first-order valence-corrected chi connectivity index (χ1v) is 6.05. The van der Waals surface area contributed by atoms with E-state index >= 15 is 0 Å². The molecule has 1 saturated heterocycles. The summed E-state index contributed by atoms with van der Waals surface area (Å²) in [5.74, 6) is 0.412. The Kier molecular flexibility index (Phi) is 1.56. The molecule has 0 bridgehead atoms. The minimum Gasteiger partial charge on any atom is -0.387 e. The van der Waals surface area contributed by atoms with Crippen LogP contribution in [0.2, 0.25) is 0 Å². The Morgan fingerprint density at radius 1 is 1.58 bits per heavy atom. The van der Waals surface area contributed by atoms with Gasteiger partial charge in [0.05, 0.1) is 5.60 Å². The number of aliphatic hydroxyl groups is 1. The van der Waals surface area contributed by atoms with Crippen molar-refractivity contribution < 1.29 is 9.32 Å². The maximum absolute atomic E-state index is 11.2. The van der Waals surface area contributed by atoms with E-state index in [1.165, 1.54) is 6.26 Å². The highest BCUT2D eigenvalue weighted by molar-refractivity contribution is 7.89. The molecular weight excluding hydrogens is 176 g/mol. The number of β-amino-alcohol motifs (C(OH)–C–C–N with tert-alkyl or cyclic N) is 1. The first-order valence-electron chi connectivity index (χ1n) is 4.13. The highest BCUT2D eigenvalue weighted by atomic mass is 32.2. The van der Waals surface area contributed by atoms with Gasteiger partial charge in [0.15, 0.2) is 0 Å². The molecule has 1 unspecified atom stereocenters. The van der Waals surface area contributed by atoms with Crippen LogP contribution in [-0.2, 0) is 9.92 Å². The van der Waals surface area contributed by atoms with E-state index in [1.807, 2.05) is 0 Å². The third-order valence-electron chi connectivity index (χ3n) is 2.73. The van der Waals surface area contributed by atoms with Gasteiger partial charge in [0.1, 0.15) is 9.92 Å². The molecular formula is C7H14N2O2S. The molecule has 1 aliphatic carbocycles. The normalized spacial score (nSPS) is 33.8. The van der Waals surface area contributed by atoms with Crippen molar-refractivity contribution in [2.24, 2.45) is 5.92 Å². The average molecular weight is 190 g/mol. The second kappa shape index (κ2) is 2.21. The van der Waals surface area contributed by atoms with Crippen LogP contribution in [0.4, 0.5) is 0 Å². The first-order chi connectivity index (χ1) is 5.42. The molecule has 12 heavy (non-hydrogen) atoms. The zero-order valence-electron chi connectivity index (χ0n) is 7.12. The fourth-order valence-electron chi connectivity index (χ4n) is 1.69. The molecule has 4 nitrogen and oxygen atoms in total. The zero-order chi connectivity index (χ0) is 8.98. The van der Waals surface area contributed by atoms with Gasteiger partial charge in [-0.1, -0.05) is 0 Å². The number of hydrogen-bond acceptors (Lipinski definition) is 3. The van der Waals surface area contributed by atoms with Crippen LogP contribution in [0.5, 0.6) is 0 Å². The van der Waals surface area contributed by atoms with Crippen LogP contribution < -0.4 is 0 Å². The SMILES string of the molecule is CS(=N)(=O)N1CC(O)(C2CC2)C1. The Hall–Kier alpha value is -0.130. The molecule has 0 aromatic carbocycles. The third-order valence-corrected chi connectivity index (χ3v) is 3.97. The van der Waals surface area contributed by atoms with Crippen LogP contribution in [0.3, 0.4) is 0 Å². The molecule has 2 N–H and O–H groups in total. The quantitative estimate of drug-likeness (QED) is 0.645. The Balaban J connectivity index is 1.99. The van der Waals surface area contributed by atoms with Gasteiger partial charge in [-0.3, -0.25) is 0 Å². The second-order valence-electron chi connectivity index (χ2n) is 3.98. The molecule has 5 heteroatoms. The molecule has 0 aromatic heterocycles. The first kappa shape index (κ1) is 8.47. The summed E-state index contributed by atoms with van der Waals surface area (Å²) in [6.45, 7) is 0.854. The highest BCUT2D eigenvalue weighted by Gasteiger charge is 2.53. The van der Waals surface area contributed by atoms with E-state index < -0.39 is 15.5 Å². The lowest BCUT2D eigenvalue weighted by molar-refractivity contribution is -0.0751. The smallest absolute Gasteiger partial charge is 0.105 e. The Morgan fingerprint density at radius 2 is 2.08 bits per heavy atom. The lowest BCUT2D eigenvalue weighted by atomic mass is 9.91. The number of nitrogens with zero attached hydrogens (tertiary/aromatic N) is 1. The lowest BCUT2D eigenvalue weighted by Crippen LogP contribution is -2.64.